The van der Waals surface area contributed by atoms with Gasteiger partial charge in [0.25, 0.3) is 5.71 Å². The number of fused-ring (bicyclic) bond motifs is 1. The highest BCUT2D eigenvalue weighted by atomic mass is 32.1. The number of aryl methyl sites for hydroxylation is 1. The molecule has 0 radical (unpaired) electrons. The van der Waals surface area contributed by atoms with Gasteiger partial charge in [0.15, 0.2) is 24.0 Å². The molecule has 0 aliphatic carbocycles. The lowest BCUT2D eigenvalue weighted by Gasteiger charge is -2.08. The number of ketones is 1. The molecule has 3 heterocycles. The fraction of sp³-hybridized carbons (Fsp3) is 0.143. The van der Waals surface area contributed by atoms with E-state index >= 15 is 0 Å². The van der Waals surface area contributed by atoms with Gasteiger partial charge in [0.1, 0.15) is 0 Å². The summed E-state index contributed by atoms with van der Waals surface area (Å²) < 4.78 is 29.1. The average Bonchev–Trinajstić information content (AvgIpc) is 3.41. The third-order valence-electron chi connectivity index (χ3n) is 4.42. The van der Waals surface area contributed by atoms with Crippen molar-refractivity contribution >= 4 is 34.2 Å². The van der Waals surface area contributed by atoms with Crippen molar-refractivity contribution in [3.05, 3.63) is 64.4 Å². The third kappa shape index (κ3) is 3.67. The number of rotatable bonds is 6. The number of methoxy groups -OCH3 is 1. The maximum Gasteiger partial charge on any atom is 0.339 e. The monoisotopic (exact) mass is 426 g/mol. The van der Waals surface area contributed by atoms with E-state index in [-0.39, 0.29) is 22.6 Å². The number of Topliss-reactive ketones (excluding diaryl/α,β-unsaturated/α-hetero) is 1. The predicted octanol–water partition coefficient (Wildman–Crippen LogP) is 4.45. The van der Waals surface area contributed by atoms with Crippen molar-refractivity contribution in [3.63, 3.8) is 0 Å². The van der Waals surface area contributed by atoms with Crippen LogP contribution in [0.15, 0.2) is 46.3 Å². The Kier molecular flexibility index (Phi) is 5.28. The summed E-state index contributed by atoms with van der Waals surface area (Å²) in [6.45, 7) is 1.13. The number of hydrogen-bond acceptors (Lipinski definition) is 8. The molecule has 9 heteroatoms. The van der Waals surface area contributed by atoms with Gasteiger partial charge < -0.3 is 14.0 Å². The Labute approximate surface area is 174 Å². The molecule has 4 rings (SSSR count). The number of carbonyl (C=O) groups is 2. The summed E-state index contributed by atoms with van der Waals surface area (Å²) in [7, 11) is 1.33. The molecule has 0 aliphatic rings. The smallest absolute Gasteiger partial charge is 0.339 e. The van der Waals surface area contributed by atoms with Crippen molar-refractivity contribution in [2.24, 2.45) is 0 Å². The van der Waals surface area contributed by atoms with Crippen molar-refractivity contribution in [2.45, 2.75) is 6.92 Å². The Morgan fingerprint density at radius 2 is 2.07 bits per heavy atom. The first-order valence-corrected chi connectivity index (χ1v) is 9.70. The summed E-state index contributed by atoms with van der Waals surface area (Å²) >= 11 is 1.46. The number of carbonyl (C=O) groups excluding carboxylic acids is 2. The van der Waals surface area contributed by atoms with Crippen molar-refractivity contribution < 1.29 is 28.0 Å². The molecule has 0 N–H and O–H groups in total. The van der Waals surface area contributed by atoms with Gasteiger partial charge in [-0.3, -0.25) is 4.79 Å². The van der Waals surface area contributed by atoms with E-state index in [9.17, 15) is 14.0 Å². The number of esters is 1. The van der Waals surface area contributed by atoms with E-state index in [1.807, 2.05) is 17.5 Å². The highest BCUT2D eigenvalue weighted by molar-refractivity contribution is 7.13. The van der Waals surface area contributed by atoms with Gasteiger partial charge in [-0.05, 0) is 42.6 Å². The number of thiophene rings is 1. The molecule has 0 spiro atoms. The first-order chi connectivity index (χ1) is 14.5. The topological polar surface area (TPSA) is 91.5 Å². The minimum atomic E-state index is -0.728. The van der Waals surface area contributed by atoms with Gasteiger partial charge >= 0.3 is 5.97 Å². The molecule has 3 aromatic heterocycles. The molecule has 1 aromatic carbocycles. The first kappa shape index (κ1) is 19.7. The highest BCUT2D eigenvalue weighted by Gasteiger charge is 2.22. The molecule has 0 atom stereocenters. The second kappa shape index (κ2) is 8.03. The Morgan fingerprint density at radius 3 is 2.77 bits per heavy atom. The van der Waals surface area contributed by atoms with Gasteiger partial charge in [0.2, 0.25) is 0 Å². The van der Waals surface area contributed by atoms with Crippen LogP contribution >= 0.6 is 11.3 Å². The van der Waals surface area contributed by atoms with E-state index in [1.54, 1.807) is 13.0 Å². The van der Waals surface area contributed by atoms with E-state index in [0.29, 0.717) is 16.8 Å². The lowest BCUT2D eigenvalue weighted by Crippen LogP contribution is -2.15. The van der Waals surface area contributed by atoms with Crippen LogP contribution in [0, 0.1) is 12.7 Å². The normalized spacial score (nSPS) is 10.9. The van der Waals surface area contributed by atoms with Gasteiger partial charge in [-0.15, -0.1) is 11.3 Å². The minimum Gasteiger partial charge on any atom is -0.494 e. The molecule has 152 valence electrons. The number of nitrogens with zero attached hydrogens (tertiary/aromatic N) is 2. The van der Waals surface area contributed by atoms with Crippen LogP contribution in [0.2, 0.25) is 0 Å². The quantitative estimate of drug-likeness (QED) is 0.332. The zero-order chi connectivity index (χ0) is 21.3. The number of aromatic nitrogens is 2. The molecular weight excluding hydrogens is 411 g/mol. The fourth-order valence-electron chi connectivity index (χ4n) is 2.94. The zero-order valence-electron chi connectivity index (χ0n) is 16.0. The molecule has 4 aromatic rings. The van der Waals surface area contributed by atoms with Gasteiger partial charge in [-0.1, -0.05) is 11.2 Å². The van der Waals surface area contributed by atoms with E-state index < -0.39 is 24.2 Å². The Morgan fingerprint density at radius 1 is 1.23 bits per heavy atom. The predicted molar refractivity (Wildman–Crippen MR) is 107 cm³/mol. The first-order valence-electron chi connectivity index (χ1n) is 8.82. The van der Waals surface area contributed by atoms with Crippen LogP contribution in [-0.2, 0) is 4.74 Å². The summed E-state index contributed by atoms with van der Waals surface area (Å²) in [5.41, 5.74) is 1.47. The van der Waals surface area contributed by atoms with Crippen LogP contribution in [0.3, 0.4) is 0 Å². The van der Waals surface area contributed by atoms with Crippen molar-refractivity contribution in [1.82, 2.24) is 10.1 Å². The lowest BCUT2D eigenvalue weighted by molar-refractivity contribution is 0.0476. The Hall–Kier alpha value is -3.59. The molecule has 0 aliphatic heterocycles. The molecule has 30 heavy (non-hydrogen) atoms. The molecule has 0 fully saturated rings. The maximum atomic E-state index is 13.8. The largest absolute Gasteiger partial charge is 0.494 e. The molecular formula is C21H15FN2O5S. The van der Waals surface area contributed by atoms with Crippen LogP contribution in [0.1, 0.15) is 26.4 Å². The second-order valence-corrected chi connectivity index (χ2v) is 7.28. The highest BCUT2D eigenvalue weighted by Crippen LogP contribution is 2.29. The number of halogens is 1. The van der Waals surface area contributed by atoms with Crippen molar-refractivity contribution in [3.8, 4) is 16.3 Å². The average molecular weight is 426 g/mol. The van der Waals surface area contributed by atoms with E-state index in [2.05, 4.69) is 10.1 Å². The standard InChI is InChI=1S/C21H15FN2O5S/c1-11-19-13(9-15(18-4-3-7-30-18)23-20(19)29-24-11)21(26)28-10-16(25)12-5-6-17(27-2)14(22)8-12/h3-9H,10H2,1-2H3. The van der Waals surface area contributed by atoms with E-state index in [1.165, 1.54) is 30.6 Å². The molecule has 0 saturated carbocycles. The van der Waals surface area contributed by atoms with Crippen molar-refractivity contribution in [2.75, 3.05) is 13.7 Å². The third-order valence-corrected chi connectivity index (χ3v) is 5.31. The van der Waals surface area contributed by atoms with Crippen LogP contribution in [0.4, 0.5) is 4.39 Å². The number of hydrogen-bond donors (Lipinski definition) is 0. The van der Waals surface area contributed by atoms with Crippen LogP contribution in [-0.4, -0.2) is 35.6 Å². The molecule has 0 saturated heterocycles. The Balaban J connectivity index is 1.59. The van der Waals surface area contributed by atoms with Crippen LogP contribution < -0.4 is 4.74 Å². The van der Waals surface area contributed by atoms with E-state index in [0.717, 1.165) is 10.9 Å². The van der Waals surface area contributed by atoms with Gasteiger partial charge in [0, 0.05) is 5.56 Å². The molecule has 0 bridgehead atoms. The van der Waals surface area contributed by atoms with E-state index in [4.69, 9.17) is 14.0 Å². The molecule has 0 unspecified atom stereocenters. The van der Waals surface area contributed by atoms with Crippen LogP contribution in [0.25, 0.3) is 21.7 Å². The summed E-state index contributed by atoms with van der Waals surface area (Å²) in [5.74, 6) is -1.93. The maximum absolute atomic E-state index is 13.8. The lowest BCUT2D eigenvalue weighted by atomic mass is 10.1. The van der Waals surface area contributed by atoms with Gasteiger partial charge in [-0.2, -0.15) is 0 Å². The van der Waals surface area contributed by atoms with Crippen molar-refractivity contribution in [1.29, 1.82) is 0 Å². The molecule has 0 amide bonds. The van der Waals surface area contributed by atoms with Gasteiger partial charge in [0.05, 0.1) is 34.3 Å². The van der Waals surface area contributed by atoms with Gasteiger partial charge in [-0.25, -0.2) is 14.2 Å². The number of ether oxygens (including phenoxy) is 2. The number of pyridine rings is 1. The fourth-order valence-corrected chi connectivity index (χ4v) is 3.62. The Bertz CT molecular complexity index is 1250. The summed E-state index contributed by atoms with van der Waals surface area (Å²) in [4.78, 5) is 30.4. The summed E-state index contributed by atoms with van der Waals surface area (Å²) in [5, 5.41) is 6.17. The summed E-state index contributed by atoms with van der Waals surface area (Å²) in [6, 6.07) is 9.09. The second-order valence-electron chi connectivity index (χ2n) is 6.33. The minimum absolute atomic E-state index is 0.0201. The molecule has 7 nitrogen and oxygen atoms in total. The SMILES string of the molecule is COc1ccc(C(=O)COC(=O)c2cc(-c3cccs3)nc3onc(C)c23)cc1F. The zero-order valence-corrected chi connectivity index (χ0v) is 16.8. The van der Waals surface area contributed by atoms with Crippen LogP contribution in [0.5, 0.6) is 5.75 Å². The number of benzene rings is 1. The summed E-state index contributed by atoms with van der Waals surface area (Å²) in [6.07, 6.45) is 0.